The molecule has 2 aliphatic heterocycles. The number of β-amino-alcohol motifs (C(OH)–C–C–N with tert-alkyl or cyclic N) is 1. The van der Waals surface area contributed by atoms with Crippen molar-refractivity contribution in [2.24, 2.45) is 5.41 Å². The minimum Gasteiger partial charge on any atom is -0.391 e. The zero-order valence-electron chi connectivity index (χ0n) is 21.6. The first-order valence-electron chi connectivity index (χ1n) is 12.8. The normalized spacial score (nSPS) is 23.8. The number of alkyl halides is 6. The maximum absolute atomic E-state index is 13.2. The molecule has 1 aromatic carbocycles. The molecule has 4 rings (SSSR count). The van der Waals surface area contributed by atoms with E-state index in [4.69, 9.17) is 0 Å². The van der Waals surface area contributed by atoms with Gasteiger partial charge in [0.25, 0.3) is 5.91 Å². The highest BCUT2D eigenvalue weighted by molar-refractivity contribution is 5.94. The van der Waals surface area contributed by atoms with Gasteiger partial charge in [0.05, 0.1) is 17.2 Å². The third-order valence-corrected chi connectivity index (χ3v) is 8.03. The third-order valence-electron chi connectivity index (χ3n) is 8.03. The molecule has 3 atom stereocenters. The van der Waals surface area contributed by atoms with Crippen LogP contribution in [0.5, 0.6) is 0 Å². The Labute approximate surface area is 225 Å². The Morgan fingerprint density at radius 3 is 2.27 bits per heavy atom. The monoisotopic (exact) mass is 580 g/mol. The molecule has 1 aliphatic carbocycles. The molecular weight excluding hydrogens is 550 g/mol. The molecule has 1 unspecified atom stereocenters. The highest BCUT2D eigenvalue weighted by Gasteiger charge is 2.52. The summed E-state index contributed by atoms with van der Waals surface area (Å²) in [6.45, 7) is 1.91. The Bertz CT molecular complexity index is 1160. The number of benzene rings is 1. The van der Waals surface area contributed by atoms with Crippen LogP contribution in [0, 0.1) is 5.41 Å². The summed E-state index contributed by atoms with van der Waals surface area (Å²) in [7, 11) is 0. The standard InChI is InChI=1S/C25H30F6N4O5/c1-14-20(38)33(8-4-18(36)21(39)34-9-7-23(5-6-23)19(37)13-34)10-11-35(14)22(40)32-15-2-3-16(24(26,27)28)17(12-15)25(29,30)31/h2-3,12,14,18-19,36-37H,4-11,13H2,1H3,(H,32,40)/t14-,18?,19+/m0/s1. The number of likely N-dealkylation sites (tertiary alicyclic amines) is 1. The topological polar surface area (TPSA) is 113 Å². The number of halogens is 6. The first kappa shape index (κ1) is 29.9. The summed E-state index contributed by atoms with van der Waals surface area (Å²) in [6, 6.07) is -0.923. The molecule has 1 spiro atoms. The van der Waals surface area contributed by atoms with Crippen LogP contribution in [0.1, 0.15) is 43.7 Å². The number of piperazine rings is 1. The van der Waals surface area contributed by atoms with Crippen molar-refractivity contribution >= 4 is 23.5 Å². The smallest absolute Gasteiger partial charge is 0.391 e. The summed E-state index contributed by atoms with van der Waals surface area (Å²) in [5.74, 6) is -1.07. The average Bonchev–Trinajstić information content (AvgIpc) is 3.65. The molecular formula is C25H30F6N4O5. The van der Waals surface area contributed by atoms with Crippen LogP contribution < -0.4 is 5.32 Å². The average molecular weight is 581 g/mol. The first-order chi connectivity index (χ1) is 18.5. The van der Waals surface area contributed by atoms with E-state index in [1.807, 2.05) is 0 Å². The number of piperidine rings is 1. The van der Waals surface area contributed by atoms with Gasteiger partial charge in [-0.05, 0) is 56.2 Å². The number of anilines is 1. The van der Waals surface area contributed by atoms with E-state index < -0.39 is 65.3 Å². The van der Waals surface area contributed by atoms with Crippen molar-refractivity contribution in [1.82, 2.24) is 14.7 Å². The van der Waals surface area contributed by atoms with E-state index in [1.54, 1.807) is 0 Å². The van der Waals surface area contributed by atoms with Gasteiger partial charge in [0.15, 0.2) is 0 Å². The third kappa shape index (κ3) is 6.14. The number of carbonyl (C=O) groups is 3. The van der Waals surface area contributed by atoms with E-state index in [0.29, 0.717) is 19.0 Å². The summed E-state index contributed by atoms with van der Waals surface area (Å²) in [6.07, 6.45) is -10.2. The van der Waals surface area contributed by atoms with E-state index in [1.165, 1.54) is 16.7 Å². The molecule has 0 aromatic heterocycles. The van der Waals surface area contributed by atoms with Crippen LogP contribution in [-0.4, -0.2) is 93.7 Å². The van der Waals surface area contributed by atoms with Crippen molar-refractivity contribution < 1.29 is 50.9 Å². The van der Waals surface area contributed by atoms with E-state index in [2.05, 4.69) is 5.32 Å². The van der Waals surface area contributed by atoms with Crippen LogP contribution in [0.25, 0.3) is 0 Å². The molecule has 3 aliphatic rings. The van der Waals surface area contributed by atoms with Gasteiger partial charge in [-0.15, -0.1) is 0 Å². The predicted octanol–water partition coefficient (Wildman–Crippen LogP) is 2.91. The molecule has 2 saturated heterocycles. The lowest BCUT2D eigenvalue weighted by Gasteiger charge is -2.40. The highest BCUT2D eigenvalue weighted by atomic mass is 19.4. The fourth-order valence-corrected chi connectivity index (χ4v) is 5.30. The number of hydrogen-bond acceptors (Lipinski definition) is 5. The Hall–Kier alpha value is -3.07. The molecule has 0 radical (unpaired) electrons. The fourth-order valence-electron chi connectivity index (χ4n) is 5.30. The largest absolute Gasteiger partial charge is 0.417 e. The second kappa shape index (κ2) is 10.7. The van der Waals surface area contributed by atoms with Crippen molar-refractivity contribution in [3.63, 3.8) is 0 Å². The van der Waals surface area contributed by atoms with E-state index in [9.17, 15) is 50.9 Å². The van der Waals surface area contributed by atoms with Crippen LogP contribution in [-0.2, 0) is 21.9 Å². The van der Waals surface area contributed by atoms with Gasteiger partial charge < -0.3 is 30.2 Å². The first-order valence-corrected chi connectivity index (χ1v) is 12.8. The van der Waals surface area contributed by atoms with Crippen molar-refractivity contribution in [1.29, 1.82) is 0 Å². The zero-order chi connectivity index (χ0) is 29.6. The lowest BCUT2D eigenvalue weighted by atomic mass is 9.90. The maximum Gasteiger partial charge on any atom is 0.417 e. The summed E-state index contributed by atoms with van der Waals surface area (Å²) in [4.78, 5) is 42.0. The molecule has 1 aromatic rings. The lowest BCUT2D eigenvalue weighted by Crippen LogP contribution is -2.59. The van der Waals surface area contributed by atoms with Crippen LogP contribution in [0.3, 0.4) is 0 Å². The van der Waals surface area contributed by atoms with Crippen molar-refractivity contribution in [3.8, 4) is 0 Å². The van der Waals surface area contributed by atoms with Crippen LogP contribution in [0.2, 0.25) is 0 Å². The fraction of sp³-hybridized carbons (Fsp3) is 0.640. The number of carbonyl (C=O) groups excluding carboxylic acids is 3. The van der Waals surface area contributed by atoms with Gasteiger partial charge >= 0.3 is 18.4 Å². The van der Waals surface area contributed by atoms with Gasteiger partial charge in [0.2, 0.25) is 5.91 Å². The SMILES string of the molecule is C[C@H]1C(=O)N(CCC(O)C(=O)N2CCC3(CC3)[C@H](O)C2)CCN1C(=O)Nc1ccc(C(F)(F)F)c(C(F)(F)F)c1. The van der Waals surface area contributed by atoms with Gasteiger partial charge in [-0.25, -0.2) is 4.79 Å². The number of rotatable bonds is 5. The Kier molecular flexibility index (Phi) is 8.02. The number of aliphatic hydroxyl groups is 2. The summed E-state index contributed by atoms with van der Waals surface area (Å²) < 4.78 is 78.7. The van der Waals surface area contributed by atoms with Crippen molar-refractivity contribution in [3.05, 3.63) is 29.3 Å². The van der Waals surface area contributed by atoms with Gasteiger partial charge in [-0.2, -0.15) is 26.3 Å². The molecule has 9 nitrogen and oxygen atoms in total. The number of amides is 4. The maximum atomic E-state index is 13.2. The second-order valence-electron chi connectivity index (χ2n) is 10.6. The number of urea groups is 1. The summed E-state index contributed by atoms with van der Waals surface area (Å²) in [5.41, 5.74) is -4.47. The van der Waals surface area contributed by atoms with Crippen LogP contribution in [0.4, 0.5) is 36.8 Å². The minimum atomic E-state index is -5.32. The zero-order valence-corrected chi connectivity index (χ0v) is 21.6. The van der Waals surface area contributed by atoms with Gasteiger partial charge in [0.1, 0.15) is 12.1 Å². The molecule has 40 heavy (non-hydrogen) atoms. The molecule has 3 N–H and O–H groups in total. The lowest BCUT2D eigenvalue weighted by molar-refractivity contribution is -0.162. The Balaban J connectivity index is 1.31. The van der Waals surface area contributed by atoms with Crippen molar-refractivity contribution in [2.45, 2.75) is 63.2 Å². The quantitative estimate of drug-likeness (QED) is 0.464. The molecule has 4 amide bonds. The van der Waals surface area contributed by atoms with Gasteiger partial charge in [0, 0.05) is 38.4 Å². The van der Waals surface area contributed by atoms with Crippen LogP contribution in [0.15, 0.2) is 18.2 Å². The van der Waals surface area contributed by atoms with E-state index in [0.717, 1.165) is 17.7 Å². The van der Waals surface area contributed by atoms with Gasteiger partial charge in [-0.1, -0.05) is 0 Å². The molecule has 222 valence electrons. The number of nitrogens with one attached hydrogen (secondary N) is 1. The molecule has 3 fully saturated rings. The van der Waals surface area contributed by atoms with Gasteiger partial charge in [-0.3, -0.25) is 9.59 Å². The molecule has 15 heteroatoms. The summed E-state index contributed by atoms with van der Waals surface area (Å²) in [5, 5.41) is 22.8. The number of hydrogen-bond donors (Lipinski definition) is 3. The Morgan fingerprint density at radius 1 is 1.05 bits per heavy atom. The predicted molar refractivity (Wildman–Crippen MR) is 128 cm³/mol. The second-order valence-corrected chi connectivity index (χ2v) is 10.6. The Morgan fingerprint density at radius 2 is 1.70 bits per heavy atom. The van der Waals surface area contributed by atoms with E-state index >= 15 is 0 Å². The number of nitrogens with zero attached hydrogens (tertiary/aromatic N) is 3. The highest BCUT2D eigenvalue weighted by Crippen LogP contribution is 2.53. The van der Waals surface area contributed by atoms with Crippen LogP contribution >= 0.6 is 0 Å². The molecule has 2 heterocycles. The number of aliphatic hydroxyl groups excluding tert-OH is 2. The van der Waals surface area contributed by atoms with E-state index in [-0.39, 0.29) is 50.1 Å². The minimum absolute atomic E-state index is 0.000281. The molecule has 1 saturated carbocycles. The van der Waals surface area contributed by atoms with Crippen molar-refractivity contribution in [2.75, 3.05) is 38.0 Å². The summed E-state index contributed by atoms with van der Waals surface area (Å²) >= 11 is 0. The molecule has 0 bridgehead atoms.